The zero-order valence-electron chi connectivity index (χ0n) is 12.9. The van der Waals surface area contributed by atoms with Gasteiger partial charge in [-0.2, -0.15) is 0 Å². The van der Waals surface area contributed by atoms with Crippen LogP contribution in [0, 0.1) is 5.92 Å². The zero-order valence-corrected chi connectivity index (χ0v) is 13.7. The third-order valence-corrected chi connectivity index (χ3v) is 3.85. The maximum atomic E-state index is 11.5. The normalized spacial score (nSPS) is 11.1. The molecule has 0 aliphatic rings. The molecule has 0 radical (unpaired) electrons. The lowest BCUT2D eigenvalue weighted by atomic mass is 10.2. The Morgan fingerprint density at radius 1 is 1.35 bits per heavy atom. The number of carbonyl (C=O) groups excluding carboxylic acids is 1. The second-order valence-corrected chi connectivity index (χ2v) is 6.09. The molecular formula is C14H26N4OS. The third kappa shape index (κ3) is 6.34. The molecule has 0 bridgehead atoms. The minimum Gasteiger partial charge on any atom is -0.338 e. The van der Waals surface area contributed by atoms with Crippen LogP contribution in [-0.4, -0.2) is 35.5 Å². The van der Waals surface area contributed by atoms with Crippen LogP contribution in [0.2, 0.25) is 0 Å². The van der Waals surface area contributed by atoms with Gasteiger partial charge in [0.05, 0.1) is 12.2 Å². The molecular weight excluding hydrogens is 272 g/mol. The maximum Gasteiger partial charge on any atom is 0.315 e. The monoisotopic (exact) mass is 298 g/mol. The molecule has 0 unspecified atom stereocenters. The summed E-state index contributed by atoms with van der Waals surface area (Å²) in [7, 11) is 0. The summed E-state index contributed by atoms with van der Waals surface area (Å²) in [5.74, 6) is 0.460. The van der Waals surface area contributed by atoms with E-state index in [0.29, 0.717) is 19.0 Å². The predicted molar refractivity (Wildman–Crippen MR) is 83.8 cm³/mol. The van der Waals surface area contributed by atoms with Crippen LogP contribution in [0.3, 0.4) is 0 Å². The molecule has 2 N–H and O–H groups in total. The van der Waals surface area contributed by atoms with E-state index in [2.05, 4.69) is 53.6 Å². The lowest BCUT2D eigenvalue weighted by Crippen LogP contribution is -2.37. The van der Waals surface area contributed by atoms with Crippen LogP contribution in [0.25, 0.3) is 0 Å². The first-order valence-electron chi connectivity index (χ1n) is 7.22. The van der Waals surface area contributed by atoms with Gasteiger partial charge in [0.25, 0.3) is 0 Å². The molecule has 1 aromatic rings. The topological polar surface area (TPSA) is 57.3 Å². The van der Waals surface area contributed by atoms with Gasteiger partial charge in [-0.25, -0.2) is 9.78 Å². The van der Waals surface area contributed by atoms with E-state index < -0.39 is 0 Å². The van der Waals surface area contributed by atoms with Crippen molar-refractivity contribution in [1.29, 1.82) is 0 Å². The minimum absolute atomic E-state index is 0.126. The summed E-state index contributed by atoms with van der Waals surface area (Å²) < 4.78 is 0. The highest BCUT2D eigenvalue weighted by Crippen LogP contribution is 2.11. The molecule has 1 rings (SSSR count). The summed E-state index contributed by atoms with van der Waals surface area (Å²) >= 11 is 1.60. The van der Waals surface area contributed by atoms with E-state index >= 15 is 0 Å². The summed E-state index contributed by atoms with van der Waals surface area (Å²) in [4.78, 5) is 18.4. The van der Waals surface area contributed by atoms with Crippen molar-refractivity contribution in [2.24, 2.45) is 5.92 Å². The van der Waals surface area contributed by atoms with Crippen LogP contribution in [0.15, 0.2) is 5.38 Å². The van der Waals surface area contributed by atoms with Crippen molar-refractivity contribution in [2.75, 3.05) is 19.6 Å². The molecule has 0 saturated carbocycles. The molecule has 2 amide bonds. The summed E-state index contributed by atoms with van der Waals surface area (Å²) in [6.45, 7) is 12.6. The van der Waals surface area contributed by atoms with Gasteiger partial charge >= 0.3 is 6.03 Å². The van der Waals surface area contributed by atoms with Crippen LogP contribution in [-0.2, 0) is 13.1 Å². The Labute approximate surface area is 125 Å². The van der Waals surface area contributed by atoms with Crippen molar-refractivity contribution >= 4 is 17.4 Å². The Hall–Kier alpha value is -1.14. The summed E-state index contributed by atoms with van der Waals surface area (Å²) in [5, 5.41) is 8.68. The number of nitrogens with zero attached hydrogens (tertiary/aromatic N) is 2. The van der Waals surface area contributed by atoms with E-state index in [1.54, 1.807) is 11.3 Å². The first kappa shape index (κ1) is 16.9. The Kier molecular flexibility index (Phi) is 7.54. The summed E-state index contributed by atoms with van der Waals surface area (Å²) in [6, 6.07) is -0.126. The molecule has 0 fully saturated rings. The Balaban J connectivity index is 2.35. The number of rotatable bonds is 8. The SMILES string of the molecule is CCN(CC)Cc1csc(CNC(=O)NCC(C)C)n1. The molecule has 0 aliphatic carbocycles. The first-order chi connectivity index (χ1) is 9.55. The van der Waals surface area contributed by atoms with Crippen LogP contribution >= 0.6 is 11.3 Å². The third-order valence-electron chi connectivity index (χ3n) is 2.95. The first-order valence-corrected chi connectivity index (χ1v) is 8.10. The van der Waals surface area contributed by atoms with Gasteiger partial charge in [-0.3, -0.25) is 4.90 Å². The lowest BCUT2D eigenvalue weighted by Gasteiger charge is -2.15. The van der Waals surface area contributed by atoms with Crippen LogP contribution in [0.4, 0.5) is 4.79 Å². The molecule has 20 heavy (non-hydrogen) atoms. The highest BCUT2D eigenvalue weighted by Gasteiger charge is 2.07. The van der Waals surface area contributed by atoms with Crippen molar-refractivity contribution < 1.29 is 4.79 Å². The van der Waals surface area contributed by atoms with E-state index in [0.717, 1.165) is 30.3 Å². The fraction of sp³-hybridized carbons (Fsp3) is 0.714. The molecule has 1 aromatic heterocycles. The van der Waals surface area contributed by atoms with E-state index in [-0.39, 0.29) is 6.03 Å². The standard InChI is InChI=1S/C14H26N4OS/c1-5-18(6-2)9-12-10-20-13(17-12)8-16-14(19)15-7-11(3)4/h10-11H,5-9H2,1-4H3,(H2,15,16,19). The fourth-order valence-electron chi connectivity index (χ4n) is 1.69. The number of nitrogens with one attached hydrogen (secondary N) is 2. The average Bonchev–Trinajstić information content (AvgIpc) is 2.87. The minimum atomic E-state index is -0.126. The number of amides is 2. The largest absolute Gasteiger partial charge is 0.338 e. The second-order valence-electron chi connectivity index (χ2n) is 5.15. The number of thiazole rings is 1. The molecule has 0 aliphatic heterocycles. The molecule has 0 aromatic carbocycles. The van der Waals surface area contributed by atoms with Gasteiger partial charge in [0.15, 0.2) is 0 Å². The number of hydrogen-bond acceptors (Lipinski definition) is 4. The van der Waals surface area contributed by atoms with Crippen molar-refractivity contribution in [2.45, 2.75) is 40.8 Å². The predicted octanol–water partition coefficient (Wildman–Crippen LogP) is 2.44. The van der Waals surface area contributed by atoms with Gasteiger partial charge in [-0.15, -0.1) is 11.3 Å². The Morgan fingerprint density at radius 2 is 2.05 bits per heavy atom. The van der Waals surface area contributed by atoms with Gasteiger partial charge in [-0.1, -0.05) is 27.7 Å². The number of hydrogen-bond donors (Lipinski definition) is 2. The van der Waals surface area contributed by atoms with Crippen LogP contribution in [0.1, 0.15) is 38.4 Å². The maximum absolute atomic E-state index is 11.5. The highest BCUT2D eigenvalue weighted by molar-refractivity contribution is 7.09. The van der Waals surface area contributed by atoms with Crippen molar-refractivity contribution in [3.63, 3.8) is 0 Å². The van der Waals surface area contributed by atoms with E-state index in [9.17, 15) is 4.79 Å². The van der Waals surface area contributed by atoms with Gasteiger partial charge < -0.3 is 10.6 Å². The quantitative estimate of drug-likeness (QED) is 0.775. The summed E-state index contributed by atoms with van der Waals surface area (Å²) in [5.41, 5.74) is 1.08. The molecule has 114 valence electrons. The number of aromatic nitrogens is 1. The molecule has 6 heteroatoms. The van der Waals surface area contributed by atoms with E-state index in [1.165, 1.54) is 0 Å². The van der Waals surface area contributed by atoms with Gasteiger partial charge in [-0.05, 0) is 19.0 Å². The molecule has 0 spiro atoms. The van der Waals surface area contributed by atoms with E-state index in [4.69, 9.17) is 0 Å². The molecule has 1 heterocycles. The molecule has 5 nitrogen and oxygen atoms in total. The summed E-state index contributed by atoms with van der Waals surface area (Å²) in [6.07, 6.45) is 0. The highest BCUT2D eigenvalue weighted by atomic mass is 32.1. The Morgan fingerprint density at radius 3 is 2.65 bits per heavy atom. The lowest BCUT2D eigenvalue weighted by molar-refractivity contribution is 0.239. The molecule has 0 saturated heterocycles. The van der Waals surface area contributed by atoms with Crippen molar-refractivity contribution in [3.8, 4) is 0 Å². The average molecular weight is 298 g/mol. The van der Waals surface area contributed by atoms with Gasteiger partial charge in [0.2, 0.25) is 0 Å². The van der Waals surface area contributed by atoms with E-state index in [1.807, 2.05) is 0 Å². The Bertz CT molecular complexity index is 402. The van der Waals surface area contributed by atoms with Crippen molar-refractivity contribution in [3.05, 3.63) is 16.1 Å². The number of carbonyl (C=O) groups is 1. The smallest absolute Gasteiger partial charge is 0.315 e. The van der Waals surface area contributed by atoms with Crippen LogP contribution < -0.4 is 10.6 Å². The molecule has 0 atom stereocenters. The second kappa shape index (κ2) is 8.92. The van der Waals surface area contributed by atoms with Crippen LogP contribution in [0.5, 0.6) is 0 Å². The fourth-order valence-corrected chi connectivity index (χ4v) is 2.42. The van der Waals surface area contributed by atoms with Gasteiger partial charge in [0.1, 0.15) is 5.01 Å². The number of urea groups is 1. The zero-order chi connectivity index (χ0) is 15.0. The van der Waals surface area contributed by atoms with Gasteiger partial charge in [0, 0.05) is 18.5 Å². The van der Waals surface area contributed by atoms with Crippen molar-refractivity contribution in [1.82, 2.24) is 20.5 Å².